The maximum atomic E-state index is 6.61. The lowest BCUT2D eigenvalue weighted by molar-refractivity contribution is 0.473. The minimum atomic E-state index is -0.0573. The van der Waals surface area contributed by atoms with Crippen molar-refractivity contribution in [1.82, 2.24) is 15.0 Å². The van der Waals surface area contributed by atoms with Crippen molar-refractivity contribution in [3.8, 4) is 33.9 Å². The number of hydrogen-bond acceptors (Lipinski definition) is 5. The Morgan fingerprint density at radius 1 is 0.574 bits per heavy atom. The van der Waals surface area contributed by atoms with Gasteiger partial charge in [-0.3, -0.25) is 0 Å². The van der Waals surface area contributed by atoms with Gasteiger partial charge in [-0.2, -0.15) is 0 Å². The minimum absolute atomic E-state index is 0.0573. The molecule has 0 radical (unpaired) electrons. The second-order valence-corrected chi connectivity index (χ2v) is 14.3. The number of allylic oxidation sites excluding steroid dienone is 2. The molecule has 11 rings (SSSR count). The monoisotopic (exact) mass is 695 g/mol. The smallest absolute Gasteiger partial charge is 0.163 e. The Bertz CT molecular complexity index is 2970. The maximum Gasteiger partial charge on any atom is 0.163 e. The highest BCUT2D eigenvalue weighted by atomic mass is 16.3. The maximum absolute atomic E-state index is 6.61. The molecule has 9 aromatic rings. The third-order valence-electron chi connectivity index (χ3n) is 11.0. The van der Waals surface area contributed by atoms with E-state index in [1.54, 1.807) is 0 Å². The first-order chi connectivity index (χ1) is 26.7. The molecule has 0 N–H and O–H groups in total. The molecule has 2 aliphatic carbocycles. The van der Waals surface area contributed by atoms with Crippen LogP contribution in [0.3, 0.4) is 0 Å². The molecule has 0 aliphatic heterocycles. The zero-order valence-corrected chi connectivity index (χ0v) is 29.3. The average Bonchev–Trinajstić information content (AvgIpc) is 3.82. The van der Waals surface area contributed by atoms with E-state index in [4.69, 9.17) is 23.8 Å². The summed E-state index contributed by atoms with van der Waals surface area (Å²) in [6, 6.07) is 48.5. The van der Waals surface area contributed by atoms with Crippen molar-refractivity contribution in [2.45, 2.75) is 24.7 Å². The van der Waals surface area contributed by atoms with Crippen LogP contribution < -0.4 is 0 Å². The number of hydrogen-bond donors (Lipinski definition) is 0. The summed E-state index contributed by atoms with van der Waals surface area (Å²) >= 11 is 0. The van der Waals surface area contributed by atoms with Crippen molar-refractivity contribution in [2.24, 2.45) is 0 Å². The molecule has 3 aromatic heterocycles. The Kier molecular flexibility index (Phi) is 7.05. The summed E-state index contributed by atoms with van der Waals surface area (Å²) < 4.78 is 13.0. The SMILES string of the molecule is C1=Cc2c(oc3c2CC(c2nc(-c4cccc(-c5cccc6c5oc5ccccc56)c4)nc(-c4ccc5ccccc5c4)n2)C=C3)C(c2ccccc2)C1. The van der Waals surface area contributed by atoms with E-state index in [0.717, 1.165) is 79.8 Å². The topological polar surface area (TPSA) is 65.0 Å². The largest absolute Gasteiger partial charge is 0.460 e. The number of fused-ring (bicyclic) bond motifs is 7. The van der Waals surface area contributed by atoms with Crippen LogP contribution in [-0.4, -0.2) is 15.0 Å². The van der Waals surface area contributed by atoms with Gasteiger partial charge in [0.1, 0.15) is 28.5 Å². The van der Waals surface area contributed by atoms with Crippen LogP contribution in [-0.2, 0) is 6.42 Å². The lowest BCUT2D eigenvalue weighted by Gasteiger charge is -2.19. The molecule has 0 amide bonds. The first kappa shape index (κ1) is 30.7. The van der Waals surface area contributed by atoms with Crippen LogP contribution in [0.5, 0.6) is 0 Å². The van der Waals surface area contributed by atoms with Gasteiger partial charge >= 0.3 is 0 Å². The van der Waals surface area contributed by atoms with Crippen molar-refractivity contribution in [3.05, 3.63) is 186 Å². The Morgan fingerprint density at radius 2 is 1.33 bits per heavy atom. The Balaban J connectivity index is 1.02. The van der Waals surface area contributed by atoms with Gasteiger partial charge in [-0.15, -0.1) is 0 Å². The summed E-state index contributed by atoms with van der Waals surface area (Å²) in [6.45, 7) is 0. The lowest BCUT2D eigenvalue weighted by atomic mass is 9.83. The second kappa shape index (κ2) is 12.4. The van der Waals surface area contributed by atoms with E-state index in [9.17, 15) is 0 Å². The molecule has 2 atom stereocenters. The summed E-state index contributed by atoms with van der Waals surface area (Å²) in [7, 11) is 0. The molecule has 5 heteroatoms. The minimum Gasteiger partial charge on any atom is -0.460 e. The number of aromatic nitrogens is 3. The van der Waals surface area contributed by atoms with E-state index in [-0.39, 0.29) is 11.8 Å². The number of furan rings is 2. The third-order valence-corrected chi connectivity index (χ3v) is 11.0. The highest BCUT2D eigenvalue weighted by Crippen LogP contribution is 2.44. The van der Waals surface area contributed by atoms with E-state index < -0.39 is 0 Å². The summed E-state index contributed by atoms with van der Waals surface area (Å²) in [6.07, 6.45) is 10.5. The molecule has 54 heavy (non-hydrogen) atoms. The van der Waals surface area contributed by atoms with E-state index in [2.05, 4.69) is 152 Å². The fourth-order valence-electron chi connectivity index (χ4n) is 8.32. The van der Waals surface area contributed by atoms with Crippen molar-refractivity contribution in [1.29, 1.82) is 0 Å². The molecule has 6 aromatic carbocycles. The first-order valence-electron chi connectivity index (χ1n) is 18.5. The fourth-order valence-corrected chi connectivity index (χ4v) is 8.32. The van der Waals surface area contributed by atoms with Gasteiger partial charge in [0.2, 0.25) is 0 Å². The predicted molar refractivity (Wildman–Crippen MR) is 217 cm³/mol. The Hall–Kier alpha value is -6.85. The second-order valence-electron chi connectivity index (χ2n) is 14.3. The highest BCUT2D eigenvalue weighted by molar-refractivity contribution is 6.09. The molecular formula is C49H33N3O2. The Labute approximate surface area is 312 Å². The number of rotatable bonds is 5. The first-order valence-corrected chi connectivity index (χ1v) is 18.5. The molecule has 2 unspecified atom stereocenters. The van der Waals surface area contributed by atoms with Crippen LogP contribution in [0.25, 0.3) is 78.8 Å². The molecule has 0 fully saturated rings. The van der Waals surface area contributed by atoms with Gasteiger partial charge in [-0.25, -0.2) is 15.0 Å². The number of benzene rings is 6. The zero-order valence-electron chi connectivity index (χ0n) is 29.3. The number of para-hydroxylation sites is 2. The van der Waals surface area contributed by atoms with Gasteiger partial charge in [0.15, 0.2) is 11.6 Å². The molecule has 0 saturated heterocycles. The highest BCUT2D eigenvalue weighted by Gasteiger charge is 2.31. The number of nitrogens with zero attached hydrogens (tertiary/aromatic N) is 3. The third kappa shape index (κ3) is 5.12. The van der Waals surface area contributed by atoms with E-state index in [0.29, 0.717) is 11.6 Å². The van der Waals surface area contributed by atoms with Gasteiger partial charge < -0.3 is 8.83 Å². The fraction of sp³-hybridized carbons (Fsp3) is 0.0816. The van der Waals surface area contributed by atoms with Crippen LogP contribution in [0, 0.1) is 0 Å². The quantitative estimate of drug-likeness (QED) is 0.179. The van der Waals surface area contributed by atoms with E-state index in [1.165, 1.54) is 22.1 Å². The molecule has 256 valence electrons. The van der Waals surface area contributed by atoms with Crippen molar-refractivity contribution < 1.29 is 8.83 Å². The zero-order chi connectivity index (χ0) is 35.6. The van der Waals surface area contributed by atoms with Gasteiger partial charge in [-0.05, 0) is 59.0 Å². The molecule has 2 aliphatic rings. The van der Waals surface area contributed by atoms with Gasteiger partial charge in [0.05, 0.1) is 0 Å². The van der Waals surface area contributed by atoms with Crippen LogP contribution in [0.2, 0.25) is 0 Å². The molecule has 3 heterocycles. The van der Waals surface area contributed by atoms with Crippen LogP contribution in [0.4, 0.5) is 0 Å². The van der Waals surface area contributed by atoms with Gasteiger partial charge in [0, 0.05) is 50.4 Å². The molecule has 0 spiro atoms. The van der Waals surface area contributed by atoms with Crippen molar-refractivity contribution >= 4 is 44.9 Å². The summed E-state index contributed by atoms with van der Waals surface area (Å²) in [5, 5.41) is 4.54. The van der Waals surface area contributed by atoms with Gasteiger partial charge in [-0.1, -0.05) is 140 Å². The average molecular weight is 696 g/mol. The molecular weight excluding hydrogens is 663 g/mol. The van der Waals surface area contributed by atoms with Crippen molar-refractivity contribution in [2.75, 3.05) is 0 Å². The van der Waals surface area contributed by atoms with Gasteiger partial charge in [0.25, 0.3) is 0 Å². The summed E-state index contributed by atoms with van der Waals surface area (Å²) in [5.74, 6) is 4.15. The van der Waals surface area contributed by atoms with Crippen LogP contribution in [0.1, 0.15) is 52.3 Å². The van der Waals surface area contributed by atoms with Crippen LogP contribution >= 0.6 is 0 Å². The molecule has 5 nitrogen and oxygen atoms in total. The summed E-state index contributed by atoms with van der Waals surface area (Å²) in [4.78, 5) is 15.6. The van der Waals surface area contributed by atoms with E-state index in [1.807, 2.05) is 12.1 Å². The van der Waals surface area contributed by atoms with E-state index >= 15 is 0 Å². The summed E-state index contributed by atoms with van der Waals surface area (Å²) in [5.41, 5.74) is 9.38. The molecule has 0 saturated carbocycles. The lowest BCUT2D eigenvalue weighted by Crippen LogP contribution is -2.12. The predicted octanol–water partition coefficient (Wildman–Crippen LogP) is 12.4. The van der Waals surface area contributed by atoms with Crippen molar-refractivity contribution in [3.63, 3.8) is 0 Å². The standard InChI is InChI=1S/C49H33N3O2/c1-2-12-31(13-3-1)37-18-9-21-41-42-29-36(25-26-44(42)54-45(37)41)49-51-47(50-48(52-49)35-24-23-30-11-4-5-14-32(30)27-35)34-16-8-15-33(28-34)38-19-10-20-40-39-17-6-7-22-43(39)53-46(38)40/h1-17,19-28,36-37H,18,29H2. The Morgan fingerprint density at radius 3 is 2.24 bits per heavy atom. The molecule has 0 bridgehead atoms. The van der Waals surface area contributed by atoms with Crippen LogP contribution in [0.15, 0.2) is 161 Å². The normalized spacial score (nSPS) is 16.2.